The van der Waals surface area contributed by atoms with E-state index in [2.05, 4.69) is 10.1 Å². The van der Waals surface area contributed by atoms with E-state index in [1.807, 2.05) is 0 Å². The fraction of sp³-hybridized carbons (Fsp3) is 0.476. The molecule has 15 heteroatoms. The lowest BCUT2D eigenvalue weighted by molar-refractivity contribution is -0.140. The zero-order chi connectivity index (χ0) is 26.1. The van der Waals surface area contributed by atoms with Gasteiger partial charge < -0.3 is 25.0 Å². The summed E-state index contributed by atoms with van der Waals surface area (Å²) in [6.45, 7) is -0.280. The molecule has 0 bridgehead atoms. The van der Waals surface area contributed by atoms with Crippen LogP contribution in [0.25, 0.3) is 0 Å². The second-order valence-electron chi connectivity index (χ2n) is 8.47. The summed E-state index contributed by atoms with van der Waals surface area (Å²) in [5, 5.41) is 12.8. The van der Waals surface area contributed by atoms with E-state index in [1.54, 1.807) is 25.2 Å². The van der Waals surface area contributed by atoms with Gasteiger partial charge in [0.25, 0.3) is 0 Å². The van der Waals surface area contributed by atoms with Crippen molar-refractivity contribution < 1.29 is 37.0 Å². The molecule has 12 nitrogen and oxygen atoms in total. The lowest BCUT2D eigenvalue weighted by Crippen LogP contribution is -2.48. The topological polar surface area (TPSA) is 158 Å². The van der Waals surface area contributed by atoms with Gasteiger partial charge >= 0.3 is 19.4 Å². The van der Waals surface area contributed by atoms with Crippen molar-refractivity contribution in [1.29, 1.82) is 0 Å². The highest BCUT2D eigenvalue weighted by Crippen LogP contribution is 2.48. The Morgan fingerprint density at radius 3 is 2.72 bits per heavy atom. The molecule has 4 rings (SSSR count). The summed E-state index contributed by atoms with van der Waals surface area (Å²) in [5.41, 5.74) is 4.30. The third kappa shape index (κ3) is 5.42. The lowest BCUT2D eigenvalue weighted by atomic mass is 10.1. The maximum absolute atomic E-state index is 14.8. The second kappa shape index (κ2) is 10.2. The zero-order valence-electron chi connectivity index (χ0n) is 19.2. The van der Waals surface area contributed by atoms with Gasteiger partial charge in [-0.15, -0.1) is 0 Å². The van der Waals surface area contributed by atoms with Gasteiger partial charge in [0.1, 0.15) is 17.7 Å². The van der Waals surface area contributed by atoms with Crippen LogP contribution >= 0.6 is 7.75 Å². The first-order chi connectivity index (χ1) is 17.0. The van der Waals surface area contributed by atoms with Crippen LogP contribution in [0.4, 0.5) is 14.6 Å². The number of aromatic nitrogens is 2. The highest BCUT2D eigenvalue weighted by molar-refractivity contribution is 7.52. The number of hydrogen-bond donors (Lipinski definition) is 3. The van der Waals surface area contributed by atoms with E-state index in [1.165, 1.54) is 17.0 Å². The van der Waals surface area contributed by atoms with Gasteiger partial charge in [-0.2, -0.15) is 18.9 Å². The number of amides is 1. The van der Waals surface area contributed by atoms with E-state index >= 15 is 0 Å². The highest BCUT2D eigenvalue weighted by Gasteiger charge is 2.60. The zero-order valence-corrected chi connectivity index (χ0v) is 20.1. The predicted octanol–water partition coefficient (Wildman–Crippen LogP) is 1.13. The molecule has 2 aromatic rings. The molecule has 196 valence electrons. The number of para-hydroxylation sites is 1. The molecule has 2 fully saturated rings. The minimum absolute atomic E-state index is 0.139. The highest BCUT2D eigenvalue weighted by atomic mass is 31.2. The van der Waals surface area contributed by atoms with E-state index < -0.39 is 50.4 Å². The van der Waals surface area contributed by atoms with Gasteiger partial charge in [0, 0.05) is 19.8 Å². The third-order valence-corrected chi connectivity index (χ3v) is 7.40. The number of carbonyl (C=O) groups is 1. The van der Waals surface area contributed by atoms with Crippen LogP contribution in [0.2, 0.25) is 0 Å². The van der Waals surface area contributed by atoms with Crippen LogP contribution < -0.4 is 21.0 Å². The van der Waals surface area contributed by atoms with Crippen LogP contribution in [0.1, 0.15) is 19.1 Å². The molecule has 2 unspecified atom stereocenters. The molecule has 0 saturated carbocycles. The number of rotatable bonds is 8. The average molecular weight is 529 g/mol. The number of nitrogens with one attached hydrogen (secondary N) is 1. The molecule has 2 aliphatic rings. The van der Waals surface area contributed by atoms with Gasteiger partial charge in [0.05, 0.1) is 12.6 Å². The number of ether oxygens (including phenoxy) is 1. The van der Waals surface area contributed by atoms with Crippen LogP contribution in [-0.4, -0.2) is 69.8 Å². The molecule has 1 aromatic heterocycles. The molecule has 36 heavy (non-hydrogen) atoms. The van der Waals surface area contributed by atoms with E-state index in [-0.39, 0.29) is 17.5 Å². The Morgan fingerprint density at radius 1 is 1.31 bits per heavy atom. The molecule has 4 N–H and O–H groups in total. The number of aliphatic hydroxyl groups is 1. The molecule has 2 saturated heterocycles. The summed E-state index contributed by atoms with van der Waals surface area (Å²) >= 11 is 0. The first kappa shape index (κ1) is 26.2. The predicted molar refractivity (Wildman–Crippen MR) is 122 cm³/mol. The number of halogens is 2. The third-order valence-electron chi connectivity index (χ3n) is 5.84. The standard InChI is InChI=1S/C21H26F2N5O7P/c1-27-10-5-8-14(18(27)30)26-36(32,35-13-6-3-2-4-7-13)33-12-15-17(29)21(22,23)19(34-15)28-11-9-16(24)25-20(28)31/h2-4,6-7,9,11,14-15,17,19,29H,5,8,10,12H2,1H3,(H,26,32)(H2,24,25,31)/t14?,15-,17-,19-,36?/m1/s1. The van der Waals surface area contributed by atoms with Gasteiger partial charge in [-0.25, -0.2) is 9.36 Å². The van der Waals surface area contributed by atoms with E-state index in [0.717, 1.165) is 12.3 Å². The summed E-state index contributed by atoms with van der Waals surface area (Å²) in [7, 11) is -2.74. The Balaban J connectivity index is 1.53. The quantitative estimate of drug-likeness (QED) is 0.424. The number of hydrogen-bond acceptors (Lipinski definition) is 9. The van der Waals surface area contributed by atoms with E-state index in [0.29, 0.717) is 24.0 Å². The molecule has 0 aliphatic carbocycles. The Kier molecular flexibility index (Phi) is 7.43. The Bertz CT molecular complexity index is 1200. The normalized spacial score (nSPS) is 27.6. The summed E-state index contributed by atoms with van der Waals surface area (Å²) in [6.07, 6.45) is -4.38. The fourth-order valence-corrected chi connectivity index (χ4v) is 5.48. The van der Waals surface area contributed by atoms with Gasteiger partial charge in [-0.1, -0.05) is 18.2 Å². The number of nitrogens with two attached hydrogens (primary N) is 1. The number of carbonyl (C=O) groups excluding carboxylic acids is 1. The summed E-state index contributed by atoms with van der Waals surface area (Å²) in [5.74, 6) is -4.29. The molecule has 2 aliphatic heterocycles. The molecule has 5 atom stereocenters. The minimum atomic E-state index is -4.33. The molecule has 3 heterocycles. The smallest absolute Gasteiger partial charge is 0.413 e. The number of alkyl halides is 2. The van der Waals surface area contributed by atoms with Crippen LogP contribution in [0.5, 0.6) is 5.75 Å². The van der Waals surface area contributed by atoms with Gasteiger partial charge in [-0.3, -0.25) is 13.9 Å². The molecule has 1 aromatic carbocycles. The summed E-state index contributed by atoms with van der Waals surface area (Å²) in [4.78, 5) is 29.4. The molecular weight excluding hydrogens is 503 g/mol. The minimum Gasteiger partial charge on any atom is -0.413 e. The SMILES string of the molecule is CN1CCCC(NP(=O)(OC[C@H]2O[C@@H](n3ccc(N)nc3=O)C(F)(F)[C@@H]2O)Oc2ccccc2)C1=O. The monoisotopic (exact) mass is 529 g/mol. The number of aliphatic hydroxyl groups excluding tert-OH is 1. The van der Waals surface area contributed by atoms with Crippen molar-refractivity contribution in [3.05, 3.63) is 53.1 Å². The average Bonchev–Trinajstić information content (AvgIpc) is 3.05. The van der Waals surface area contributed by atoms with Crippen LogP contribution in [0, 0.1) is 0 Å². The number of benzene rings is 1. The number of nitrogen functional groups attached to an aromatic ring is 1. The molecule has 0 radical (unpaired) electrons. The van der Waals surface area contributed by atoms with Gasteiger partial charge in [0.2, 0.25) is 12.1 Å². The second-order valence-corrected chi connectivity index (χ2v) is 10.2. The summed E-state index contributed by atoms with van der Waals surface area (Å²) in [6, 6.07) is 8.16. The van der Waals surface area contributed by atoms with Gasteiger partial charge in [0.15, 0.2) is 6.10 Å². The molecule has 1 amide bonds. The Labute approximate surface area is 204 Å². The molecule has 0 spiro atoms. The number of nitrogens with zero attached hydrogens (tertiary/aromatic N) is 3. The van der Waals surface area contributed by atoms with Gasteiger partial charge in [-0.05, 0) is 31.0 Å². The van der Waals surface area contributed by atoms with Crippen molar-refractivity contribution in [1.82, 2.24) is 19.5 Å². The fourth-order valence-electron chi connectivity index (χ4n) is 3.94. The molecular formula is C21H26F2N5O7P. The van der Waals surface area contributed by atoms with Crippen molar-refractivity contribution in [2.75, 3.05) is 25.9 Å². The number of likely N-dealkylation sites (N-methyl/N-ethyl adjacent to an activating group) is 1. The first-order valence-corrected chi connectivity index (χ1v) is 12.6. The largest absolute Gasteiger partial charge is 0.459 e. The van der Waals surface area contributed by atoms with Crippen molar-refractivity contribution in [2.45, 2.75) is 43.2 Å². The van der Waals surface area contributed by atoms with Crippen molar-refractivity contribution in [3.63, 3.8) is 0 Å². The van der Waals surface area contributed by atoms with Crippen LogP contribution in [-0.2, 0) is 18.6 Å². The van der Waals surface area contributed by atoms with E-state index in [9.17, 15) is 28.0 Å². The Hall–Kier alpha value is -2.90. The maximum atomic E-state index is 14.8. The summed E-state index contributed by atoms with van der Waals surface area (Å²) < 4.78 is 60.0. The van der Waals surface area contributed by atoms with Crippen molar-refractivity contribution in [2.24, 2.45) is 0 Å². The van der Waals surface area contributed by atoms with Crippen molar-refractivity contribution >= 4 is 19.5 Å². The van der Waals surface area contributed by atoms with E-state index in [4.69, 9.17) is 19.5 Å². The van der Waals surface area contributed by atoms with Crippen LogP contribution in [0.3, 0.4) is 0 Å². The first-order valence-electron chi connectivity index (χ1n) is 11.1. The lowest BCUT2D eigenvalue weighted by Gasteiger charge is -2.32. The number of piperidine rings is 1. The number of anilines is 1. The van der Waals surface area contributed by atoms with Crippen molar-refractivity contribution in [3.8, 4) is 5.75 Å². The van der Waals surface area contributed by atoms with Crippen LogP contribution in [0.15, 0.2) is 47.4 Å². The Morgan fingerprint density at radius 2 is 2.03 bits per heavy atom. The maximum Gasteiger partial charge on any atom is 0.459 e. The number of likely N-dealkylation sites (tertiary alicyclic amines) is 1.